The summed E-state index contributed by atoms with van der Waals surface area (Å²) in [6.45, 7) is 4.21. The van der Waals surface area contributed by atoms with Gasteiger partial charge in [0, 0.05) is 5.56 Å². The van der Waals surface area contributed by atoms with Crippen LogP contribution < -0.4 is 0 Å². The van der Waals surface area contributed by atoms with Crippen molar-refractivity contribution < 1.29 is 28.8 Å². The van der Waals surface area contributed by atoms with E-state index in [1.165, 1.54) is 0 Å². The van der Waals surface area contributed by atoms with Crippen molar-refractivity contribution in [1.29, 1.82) is 0 Å². The molecule has 2 aliphatic rings. The topological polar surface area (TPSA) is 66.4 Å². The number of benzene rings is 2. The molecule has 4 rings (SSSR count). The molecule has 0 unspecified atom stereocenters. The lowest BCUT2D eigenvalue weighted by molar-refractivity contribution is -0.389. The predicted molar refractivity (Wildman–Crippen MR) is 120 cm³/mol. The Balaban J connectivity index is 1.64. The zero-order valence-corrected chi connectivity index (χ0v) is 18.9. The molecule has 2 fully saturated rings. The first-order chi connectivity index (χ1) is 15.5. The van der Waals surface area contributed by atoms with Crippen molar-refractivity contribution in [2.75, 3.05) is 13.2 Å². The first kappa shape index (κ1) is 23.7. The van der Waals surface area contributed by atoms with E-state index in [-0.39, 0.29) is 19.8 Å². The molecule has 0 aliphatic carbocycles. The maximum Gasteiger partial charge on any atom is 0.192 e. The average Bonchev–Trinajstić information content (AvgIpc) is 2.83. The maximum atomic E-state index is 11.7. The predicted octanol–water partition coefficient (Wildman–Crippen LogP) is 4.15. The number of aliphatic hydroxyl groups is 1. The molecule has 2 saturated heterocycles. The van der Waals surface area contributed by atoms with E-state index >= 15 is 0 Å². The SMILES string of the molecule is C=CCO[C@H]1O[C@@H]2CO[C@@H](c3ccccc3)O[C@H]2[C@H](OCc2ccccc2)[C@]1(O)C(Cl)Cl. The van der Waals surface area contributed by atoms with Crippen molar-refractivity contribution in [3.8, 4) is 0 Å². The van der Waals surface area contributed by atoms with Crippen molar-refractivity contribution in [3.63, 3.8) is 0 Å². The Morgan fingerprint density at radius 1 is 1.06 bits per heavy atom. The number of fused-ring (bicyclic) bond motifs is 1. The Morgan fingerprint density at radius 3 is 2.41 bits per heavy atom. The van der Waals surface area contributed by atoms with Gasteiger partial charge in [-0.25, -0.2) is 0 Å². The molecule has 6 nitrogen and oxygen atoms in total. The highest BCUT2D eigenvalue weighted by Crippen LogP contribution is 2.44. The first-order valence-electron chi connectivity index (χ1n) is 10.4. The number of hydrogen-bond donors (Lipinski definition) is 1. The highest BCUT2D eigenvalue weighted by molar-refractivity contribution is 6.45. The van der Waals surface area contributed by atoms with E-state index in [0.717, 1.165) is 11.1 Å². The fourth-order valence-electron chi connectivity index (χ4n) is 3.92. The molecule has 0 aromatic heterocycles. The van der Waals surface area contributed by atoms with Crippen molar-refractivity contribution in [2.24, 2.45) is 0 Å². The summed E-state index contributed by atoms with van der Waals surface area (Å²) in [6.07, 6.45) is -2.48. The second kappa shape index (κ2) is 10.6. The van der Waals surface area contributed by atoms with Gasteiger partial charge in [-0.2, -0.15) is 0 Å². The maximum absolute atomic E-state index is 11.7. The van der Waals surface area contributed by atoms with Crippen LogP contribution in [-0.2, 0) is 30.3 Å². The molecule has 32 heavy (non-hydrogen) atoms. The van der Waals surface area contributed by atoms with Crippen LogP contribution in [0.4, 0.5) is 0 Å². The molecular weight excluding hydrogens is 455 g/mol. The van der Waals surface area contributed by atoms with Gasteiger partial charge in [-0.1, -0.05) is 66.7 Å². The van der Waals surface area contributed by atoms with E-state index in [4.69, 9.17) is 46.9 Å². The van der Waals surface area contributed by atoms with Gasteiger partial charge < -0.3 is 28.8 Å². The van der Waals surface area contributed by atoms with Gasteiger partial charge in [-0.3, -0.25) is 0 Å². The lowest BCUT2D eigenvalue weighted by atomic mass is 9.86. The Bertz CT molecular complexity index is 867. The summed E-state index contributed by atoms with van der Waals surface area (Å²) in [6, 6.07) is 19.1. The largest absolute Gasteiger partial charge is 0.379 e. The Labute approximate surface area is 197 Å². The summed E-state index contributed by atoms with van der Waals surface area (Å²) in [7, 11) is 0. The fraction of sp³-hybridized carbons (Fsp3) is 0.417. The van der Waals surface area contributed by atoms with Gasteiger partial charge in [-0.05, 0) is 5.56 Å². The molecule has 0 saturated carbocycles. The van der Waals surface area contributed by atoms with Crippen molar-refractivity contribution >= 4 is 23.2 Å². The number of halogens is 2. The second-order valence-corrected chi connectivity index (χ2v) is 8.81. The van der Waals surface area contributed by atoms with E-state index in [1.807, 2.05) is 60.7 Å². The summed E-state index contributed by atoms with van der Waals surface area (Å²) in [4.78, 5) is -1.28. The smallest absolute Gasteiger partial charge is 0.192 e. The van der Waals surface area contributed by atoms with Gasteiger partial charge in [0.15, 0.2) is 18.2 Å². The number of alkyl halides is 2. The van der Waals surface area contributed by atoms with Gasteiger partial charge in [0.05, 0.1) is 19.8 Å². The van der Waals surface area contributed by atoms with Crippen LogP contribution in [-0.4, -0.2) is 53.4 Å². The fourth-order valence-corrected chi connectivity index (χ4v) is 4.38. The first-order valence-corrected chi connectivity index (χ1v) is 11.3. The average molecular weight is 481 g/mol. The molecule has 6 atom stereocenters. The third kappa shape index (κ3) is 4.88. The van der Waals surface area contributed by atoms with Gasteiger partial charge >= 0.3 is 0 Å². The zero-order valence-electron chi connectivity index (χ0n) is 17.4. The molecule has 0 spiro atoms. The molecule has 0 radical (unpaired) electrons. The van der Waals surface area contributed by atoms with Gasteiger partial charge in [0.1, 0.15) is 23.1 Å². The molecule has 2 aliphatic heterocycles. The van der Waals surface area contributed by atoms with Crippen LogP contribution in [0.3, 0.4) is 0 Å². The Hall–Kier alpha value is -1.48. The summed E-state index contributed by atoms with van der Waals surface area (Å²) < 4.78 is 30.1. The quantitative estimate of drug-likeness (QED) is 0.452. The molecule has 0 amide bonds. The van der Waals surface area contributed by atoms with Crippen LogP contribution in [0.1, 0.15) is 17.4 Å². The lowest BCUT2D eigenvalue weighted by Crippen LogP contribution is -2.72. The van der Waals surface area contributed by atoms with Crippen LogP contribution in [0.2, 0.25) is 0 Å². The molecule has 172 valence electrons. The molecule has 8 heteroatoms. The highest BCUT2D eigenvalue weighted by atomic mass is 35.5. The second-order valence-electron chi connectivity index (χ2n) is 7.71. The van der Waals surface area contributed by atoms with Crippen molar-refractivity contribution in [2.45, 2.75) is 47.9 Å². The van der Waals surface area contributed by atoms with E-state index in [2.05, 4.69) is 6.58 Å². The van der Waals surface area contributed by atoms with Crippen molar-refractivity contribution in [3.05, 3.63) is 84.4 Å². The molecule has 1 N–H and O–H groups in total. The minimum Gasteiger partial charge on any atom is -0.379 e. The molecule has 0 bridgehead atoms. The Kier molecular flexibility index (Phi) is 7.87. The van der Waals surface area contributed by atoms with Gasteiger partial charge in [0.25, 0.3) is 0 Å². The lowest BCUT2D eigenvalue weighted by Gasteiger charge is -2.53. The zero-order chi connectivity index (χ0) is 22.6. The van der Waals surface area contributed by atoms with Crippen LogP contribution in [0, 0.1) is 0 Å². The molecular formula is C24H26Cl2O6. The minimum absolute atomic E-state index is 0.130. The normalized spacial score (nSPS) is 32.4. The van der Waals surface area contributed by atoms with Crippen LogP contribution in [0.15, 0.2) is 73.3 Å². The van der Waals surface area contributed by atoms with Crippen LogP contribution in [0.5, 0.6) is 0 Å². The van der Waals surface area contributed by atoms with E-state index < -0.39 is 41.3 Å². The monoisotopic (exact) mass is 480 g/mol. The van der Waals surface area contributed by atoms with E-state index in [0.29, 0.717) is 0 Å². The van der Waals surface area contributed by atoms with Crippen molar-refractivity contribution in [1.82, 2.24) is 0 Å². The Morgan fingerprint density at radius 2 is 1.75 bits per heavy atom. The van der Waals surface area contributed by atoms with Crippen LogP contribution in [0.25, 0.3) is 0 Å². The number of ether oxygens (including phenoxy) is 5. The molecule has 2 aromatic rings. The summed E-state index contributed by atoms with van der Waals surface area (Å²) in [5, 5.41) is 11.7. The third-order valence-electron chi connectivity index (χ3n) is 5.55. The van der Waals surface area contributed by atoms with Gasteiger partial charge in [0.2, 0.25) is 0 Å². The van der Waals surface area contributed by atoms with E-state index in [9.17, 15) is 5.11 Å². The molecule has 2 aromatic carbocycles. The minimum atomic E-state index is -1.90. The highest BCUT2D eigenvalue weighted by Gasteiger charge is 2.62. The summed E-state index contributed by atoms with van der Waals surface area (Å²) in [5.74, 6) is 0. The number of rotatable bonds is 8. The molecule has 2 heterocycles. The van der Waals surface area contributed by atoms with Crippen LogP contribution >= 0.6 is 23.2 Å². The summed E-state index contributed by atoms with van der Waals surface area (Å²) in [5.41, 5.74) is -0.135. The van der Waals surface area contributed by atoms with E-state index in [1.54, 1.807) is 6.08 Å². The third-order valence-corrected chi connectivity index (χ3v) is 6.25. The summed E-state index contributed by atoms with van der Waals surface area (Å²) >= 11 is 12.6. The number of hydrogen-bond acceptors (Lipinski definition) is 6. The van der Waals surface area contributed by atoms with Gasteiger partial charge in [-0.15, -0.1) is 29.8 Å². The standard InChI is InChI=1S/C24H26Cl2O6/c1-2-13-28-23-24(27,22(25)26)20(29-14-16-9-5-3-6-10-16)19-18(31-23)15-30-21(32-19)17-11-7-4-8-12-17/h2-12,18-23,27H,1,13-15H2/t18-,19-,20+,21-,23+,24+/m1/s1.